The van der Waals surface area contributed by atoms with E-state index in [9.17, 15) is 4.79 Å². The Morgan fingerprint density at radius 3 is 2.64 bits per heavy atom. The fraction of sp³-hybridized carbons (Fsp3) is 0.182. The zero-order valence-electron chi connectivity index (χ0n) is 15.9. The molecule has 0 atom stereocenters. The van der Waals surface area contributed by atoms with E-state index in [-0.39, 0.29) is 5.91 Å². The number of carbonyl (C=O) groups excluding carboxylic acids is 1. The lowest BCUT2D eigenvalue weighted by Crippen LogP contribution is -2.19. The Kier molecular flexibility index (Phi) is 5.17. The summed E-state index contributed by atoms with van der Waals surface area (Å²) in [5.41, 5.74) is 5.31. The Morgan fingerprint density at radius 2 is 1.93 bits per heavy atom. The number of para-hydroxylation sites is 1. The summed E-state index contributed by atoms with van der Waals surface area (Å²) in [5, 5.41) is 4.64. The Hall–Kier alpha value is -2.31. The Balaban J connectivity index is 1.67. The van der Waals surface area contributed by atoms with E-state index in [2.05, 4.69) is 56.1 Å². The normalized spacial score (nSPS) is 17.1. The number of hydrogen-bond donors (Lipinski definition) is 1. The van der Waals surface area contributed by atoms with Crippen molar-refractivity contribution in [2.45, 2.75) is 27.3 Å². The van der Waals surface area contributed by atoms with Gasteiger partial charge in [0.25, 0.3) is 5.91 Å². The van der Waals surface area contributed by atoms with Crippen LogP contribution in [-0.4, -0.2) is 15.6 Å². The predicted octanol–water partition coefficient (Wildman–Crippen LogP) is 5.93. The molecule has 0 radical (unpaired) electrons. The van der Waals surface area contributed by atoms with Gasteiger partial charge in [-0.15, -0.1) is 0 Å². The van der Waals surface area contributed by atoms with E-state index >= 15 is 0 Å². The highest BCUT2D eigenvalue weighted by atomic mass is 79.9. The number of amidine groups is 1. The number of halogens is 1. The molecule has 1 fully saturated rings. The summed E-state index contributed by atoms with van der Waals surface area (Å²) in [6, 6.07) is 12.3. The van der Waals surface area contributed by atoms with Crippen LogP contribution in [0.15, 0.2) is 57.0 Å². The molecule has 28 heavy (non-hydrogen) atoms. The number of carbonyl (C=O) groups is 1. The van der Waals surface area contributed by atoms with Gasteiger partial charge in [0.2, 0.25) is 0 Å². The summed E-state index contributed by atoms with van der Waals surface area (Å²) < 4.78 is 3.29. The monoisotopic (exact) mass is 453 g/mol. The van der Waals surface area contributed by atoms with Crippen LogP contribution in [0, 0.1) is 13.8 Å². The van der Waals surface area contributed by atoms with Crippen LogP contribution in [0.2, 0.25) is 0 Å². The van der Waals surface area contributed by atoms with E-state index in [1.807, 2.05) is 44.2 Å². The second kappa shape index (κ2) is 7.60. The summed E-state index contributed by atoms with van der Waals surface area (Å²) in [6.45, 7) is 7.08. The molecule has 2 aromatic carbocycles. The number of rotatable bonds is 3. The van der Waals surface area contributed by atoms with Crippen LogP contribution < -0.4 is 5.32 Å². The molecule has 142 valence electrons. The summed E-state index contributed by atoms with van der Waals surface area (Å²) in [5.74, 6) is -0.109. The van der Waals surface area contributed by atoms with E-state index in [0.717, 1.165) is 38.8 Å². The smallest absolute Gasteiger partial charge is 0.264 e. The second-order valence-corrected chi connectivity index (χ2v) is 8.59. The standard InChI is InChI=1S/C22H20BrN3OS/c1-4-26-12-15(17-7-5-6-8-18(17)26)11-19-21(27)25-22(28-19)24-16-9-13(2)20(23)14(3)10-16/h5-12H,4H2,1-3H3,(H,24,25,27)/b19-11-. The lowest BCUT2D eigenvalue weighted by Gasteiger charge is -2.04. The number of thioether (sulfide) groups is 1. The molecule has 1 aliphatic rings. The van der Waals surface area contributed by atoms with E-state index in [1.165, 1.54) is 17.3 Å². The van der Waals surface area contributed by atoms with E-state index in [0.29, 0.717) is 10.1 Å². The van der Waals surface area contributed by atoms with Gasteiger partial charge in [-0.05, 0) is 67.9 Å². The van der Waals surface area contributed by atoms with E-state index in [1.54, 1.807) is 0 Å². The molecule has 0 unspecified atom stereocenters. The highest BCUT2D eigenvalue weighted by Crippen LogP contribution is 2.32. The van der Waals surface area contributed by atoms with Crippen LogP contribution in [0.5, 0.6) is 0 Å². The van der Waals surface area contributed by atoms with E-state index in [4.69, 9.17) is 0 Å². The summed E-state index contributed by atoms with van der Waals surface area (Å²) in [6.07, 6.45) is 4.05. The molecule has 4 nitrogen and oxygen atoms in total. The number of nitrogens with one attached hydrogen (secondary N) is 1. The van der Waals surface area contributed by atoms with Crippen molar-refractivity contribution in [1.29, 1.82) is 0 Å². The van der Waals surface area contributed by atoms with Gasteiger partial charge in [0.1, 0.15) is 0 Å². The van der Waals surface area contributed by atoms with Gasteiger partial charge >= 0.3 is 0 Å². The predicted molar refractivity (Wildman–Crippen MR) is 122 cm³/mol. The molecule has 0 saturated carbocycles. The first-order valence-electron chi connectivity index (χ1n) is 9.10. The maximum absolute atomic E-state index is 12.5. The lowest BCUT2D eigenvalue weighted by atomic mass is 10.1. The maximum atomic E-state index is 12.5. The molecule has 0 spiro atoms. The first kappa shape index (κ1) is 19.0. The van der Waals surface area contributed by atoms with Gasteiger partial charge in [-0.25, -0.2) is 4.99 Å². The fourth-order valence-corrected chi connectivity index (χ4v) is 4.44. The number of aryl methyl sites for hydroxylation is 3. The van der Waals surface area contributed by atoms with Crippen molar-refractivity contribution in [3.63, 3.8) is 0 Å². The van der Waals surface area contributed by atoms with Crippen LogP contribution in [0.25, 0.3) is 17.0 Å². The third-order valence-corrected chi connectivity index (χ3v) is 6.91. The van der Waals surface area contributed by atoms with Crippen LogP contribution in [0.1, 0.15) is 23.6 Å². The Bertz CT molecular complexity index is 1140. The molecule has 6 heteroatoms. The molecule has 3 aromatic rings. The second-order valence-electron chi connectivity index (χ2n) is 6.76. The molecule has 1 amide bonds. The number of amides is 1. The van der Waals surface area contributed by atoms with E-state index < -0.39 is 0 Å². The van der Waals surface area contributed by atoms with Gasteiger partial charge in [-0.2, -0.15) is 0 Å². The van der Waals surface area contributed by atoms with Crippen molar-refractivity contribution in [3.8, 4) is 0 Å². The number of nitrogens with zero attached hydrogens (tertiary/aromatic N) is 2. The largest absolute Gasteiger partial charge is 0.347 e. The number of aliphatic imine (C=N–C) groups is 1. The minimum Gasteiger partial charge on any atom is -0.347 e. The van der Waals surface area contributed by atoms with Crippen LogP contribution >= 0.6 is 27.7 Å². The molecule has 1 N–H and O–H groups in total. The van der Waals surface area contributed by atoms with Crippen molar-refractivity contribution >= 4 is 61.4 Å². The highest BCUT2D eigenvalue weighted by molar-refractivity contribution is 9.10. The topological polar surface area (TPSA) is 46.4 Å². The number of benzene rings is 2. The average molecular weight is 454 g/mol. The minimum absolute atomic E-state index is 0.109. The van der Waals surface area contributed by atoms with Gasteiger partial charge < -0.3 is 9.88 Å². The molecule has 1 saturated heterocycles. The molecular weight excluding hydrogens is 434 g/mol. The van der Waals surface area contributed by atoms with Crippen molar-refractivity contribution in [1.82, 2.24) is 9.88 Å². The zero-order valence-corrected chi connectivity index (χ0v) is 18.3. The summed E-state index contributed by atoms with van der Waals surface area (Å²) in [7, 11) is 0. The molecule has 0 aliphatic carbocycles. The van der Waals surface area contributed by atoms with Gasteiger partial charge in [0, 0.05) is 33.7 Å². The molecular formula is C22H20BrN3OS. The average Bonchev–Trinajstić information content (AvgIpc) is 3.20. The molecule has 1 aliphatic heterocycles. The number of fused-ring (bicyclic) bond motifs is 1. The van der Waals surface area contributed by atoms with Crippen molar-refractivity contribution < 1.29 is 4.79 Å². The zero-order chi connectivity index (χ0) is 19.8. The molecule has 4 rings (SSSR count). The minimum atomic E-state index is -0.109. The fourth-order valence-electron chi connectivity index (χ4n) is 3.38. The van der Waals surface area contributed by atoms with Gasteiger partial charge in [-0.1, -0.05) is 34.1 Å². The van der Waals surface area contributed by atoms with Crippen molar-refractivity contribution in [3.05, 3.63) is 68.7 Å². The first-order valence-corrected chi connectivity index (χ1v) is 10.7. The van der Waals surface area contributed by atoms with Gasteiger partial charge in [-0.3, -0.25) is 4.79 Å². The maximum Gasteiger partial charge on any atom is 0.264 e. The first-order chi connectivity index (χ1) is 13.5. The number of aromatic nitrogens is 1. The van der Waals surface area contributed by atoms with Crippen LogP contribution in [0.4, 0.5) is 5.69 Å². The van der Waals surface area contributed by atoms with Crippen molar-refractivity contribution in [2.75, 3.05) is 0 Å². The van der Waals surface area contributed by atoms with Crippen LogP contribution in [-0.2, 0) is 11.3 Å². The molecule has 2 heterocycles. The highest BCUT2D eigenvalue weighted by Gasteiger charge is 2.24. The van der Waals surface area contributed by atoms with Gasteiger partial charge in [0.05, 0.1) is 10.6 Å². The van der Waals surface area contributed by atoms with Gasteiger partial charge in [0.15, 0.2) is 5.17 Å². The lowest BCUT2D eigenvalue weighted by molar-refractivity contribution is -0.115. The molecule has 1 aromatic heterocycles. The third kappa shape index (κ3) is 3.54. The Morgan fingerprint density at radius 1 is 1.21 bits per heavy atom. The molecule has 0 bridgehead atoms. The van der Waals surface area contributed by atoms with Crippen molar-refractivity contribution in [2.24, 2.45) is 4.99 Å². The number of hydrogen-bond acceptors (Lipinski definition) is 3. The summed E-state index contributed by atoms with van der Waals surface area (Å²) >= 11 is 4.95. The quantitative estimate of drug-likeness (QED) is 0.499. The summed E-state index contributed by atoms with van der Waals surface area (Å²) in [4.78, 5) is 17.8. The Labute approximate surface area is 176 Å². The third-order valence-electron chi connectivity index (χ3n) is 4.75. The van der Waals surface area contributed by atoms with Crippen LogP contribution in [0.3, 0.4) is 0 Å². The SMILES string of the molecule is CCn1cc(/C=C2\SC(=Nc3cc(C)c(Br)c(C)c3)NC2=O)c2ccccc21.